The fourth-order valence-corrected chi connectivity index (χ4v) is 3.06. The van der Waals surface area contributed by atoms with Crippen LogP contribution in [0, 0.1) is 6.92 Å². The molecule has 19 heavy (non-hydrogen) atoms. The number of aryl methyl sites for hydroxylation is 1. The molecule has 3 nitrogen and oxygen atoms in total. The highest BCUT2D eigenvalue weighted by atomic mass is 15.2. The van der Waals surface area contributed by atoms with Gasteiger partial charge in [0.25, 0.3) is 0 Å². The highest BCUT2D eigenvalue weighted by molar-refractivity contribution is 5.55. The van der Waals surface area contributed by atoms with Gasteiger partial charge in [-0.2, -0.15) is 0 Å². The van der Waals surface area contributed by atoms with E-state index < -0.39 is 0 Å². The second-order valence-electron chi connectivity index (χ2n) is 6.16. The van der Waals surface area contributed by atoms with Crippen LogP contribution in [0.2, 0.25) is 0 Å². The third kappa shape index (κ3) is 2.77. The summed E-state index contributed by atoms with van der Waals surface area (Å²) < 4.78 is 0. The molecule has 0 heterocycles. The largest absolute Gasteiger partial charge is 0.372 e. The van der Waals surface area contributed by atoms with Crippen molar-refractivity contribution in [2.45, 2.75) is 38.3 Å². The van der Waals surface area contributed by atoms with Gasteiger partial charge < -0.3 is 15.5 Å². The maximum Gasteiger partial charge on any atom is 0.0412 e. The zero-order valence-electron chi connectivity index (χ0n) is 12.7. The lowest BCUT2D eigenvalue weighted by molar-refractivity contribution is 0.0683. The average molecular weight is 261 g/mol. The minimum absolute atomic E-state index is 0.352. The number of likely N-dealkylation sites (N-methyl/N-ethyl adjacent to an activating group) is 2. The number of benzene rings is 1. The van der Waals surface area contributed by atoms with E-state index in [1.54, 1.807) is 0 Å². The Morgan fingerprint density at radius 3 is 2.37 bits per heavy atom. The number of anilines is 1. The molecule has 3 heteroatoms. The summed E-state index contributed by atoms with van der Waals surface area (Å²) in [6.45, 7) is 3.83. The molecule has 106 valence electrons. The van der Waals surface area contributed by atoms with Crippen molar-refractivity contribution in [3.8, 4) is 0 Å². The molecule has 2 rings (SSSR count). The molecule has 0 aliphatic heterocycles. The standard InChI is InChI=1S/C16H27N3/c1-13-6-7-14(11-17)15(10-13)19(4)12-16(18(2)3)8-5-9-16/h6-7,10H,5,8-9,11-12,17H2,1-4H3. The van der Waals surface area contributed by atoms with E-state index >= 15 is 0 Å². The summed E-state index contributed by atoms with van der Waals surface area (Å²) in [5.74, 6) is 0. The van der Waals surface area contributed by atoms with Crippen molar-refractivity contribution in [3.05, 3.63) is 29.3 Å². The van der Waals surface area contributed by atoms with Gasteiger partial charge in [0.1, 0.15) is 0 Å². The Balaban J connectivity index is 2.19. The van der Waals surface area contributed by atoms with E-state index in [1.165, 1.54) is 36.1 Å². The fourth-order valence-electron chi connectivity index (χ4n) is 3.06. The van der Waals surface area contributed by atoms with Crippen LogP contribution >= 0.6 is 0 Å². The van der Waals surface area contributed by atoms with Gasteiger partial charge in [-0.25, -0.2) is 0 Å². The Labute approximate surface area is 117 Å². The molecule has 0 radical (unpaired) electrons. The van der Waals surface area contributed by atoms with Crippen molar-refractivity contribution in [2.24, 2.45) is 5.73 Å². The monoisotopic (exact) mass is 261 g/mol. The molecule has 0 amide bonds. The molecule has 1 aliphatic carbocycles. The Morgan fingerprint density at radius 1 is 1.21 bits per heavy atom. The molecule has 2 N–H and O–H groups in total. The van der Waals surface area contributed by atoms with Crippen LogP contribution in [0.4, 0.5) is 5.69 Å². The lowest BCUT2D eigenvalue weighted by Gasteiger charge is -2.49. The van der Waals surface area contributed by atoms with Gasteiger partial charge in [0, 0.05) is 31.4 Å². The summed E-state index contributed by atoms with van der Waals surface area (Å²) in [7, 11) is 6.59. The van der Waals surface area contributed by atoms with E-state index in [4.69, 9.17) is 5.73 Å². The van der Waals surface area contributed by atoms with Crippen molar-refractivity contribution < 1.29 is 0 Å². The fraction of sp³-hybridized carbons (Fsp3) is 0.625. The van der Waals surface area contributed by atoms with Gasteiger partial charge in [0.05, 0.1) is 0 Å². The average Bonchev–Trinajstić information content (AvgIpc) is 2.33. The van der Waals surface area contributed by atoms with E-state index in [0.717, 1.165) is 6.54 Å². The molecule has 0 atom stereocenters. The molecule has 1 saturated carbocycles. The number of hydrogen-bond donors (Lipinski definition) is 1. The first-order chi connectivity index (χ1) is 8.98. The maximum absolute atomic E-state index is 5.87. The topological polar surface area (TPSA) is 32.5 Å². The Morgan fingerprint density at radius 2 is 1.89 bits per heavy atom. The van der Waals surface area contributed by atoms with E-state index in [1.807, 2.05) is 0 Å². The van der Waals surface area contributed by atoms with Crippen molar-refractivity contribution >= 4 is 5.69 Å². The summed E-state index contributed by atoms with van der Waals surface area (Å²) in [4.78, 5) is 4.78. The van der Waals surface area contributed by atoms with Crippen LogP contribution in [0.25, 0.3) is 0 Å². The van der Waals surface area contributed by atoms with E-state index in [-0.39, 0.29) is 0 Å². The minimum Gasteiger partial charge on any atom is -0.372 e. The van der Waals surface area contributed by atoms with Gasteiger partial charge in [-0.05, 0) is 57.5 Å². The molecule has 0 bridgehead atoms. The van der Waals surface area contributed by atoms with Crippen LogP contribution in [0.1, 0.15) is 30.4 Å². The van der Waals surface area contributed by atoms with Crippen molar-refractivity contribution in [1.82, 2.24) is 4.90 Å². The predicted molar refractivity (Wildman–Crippen MR) is 82.6 cm³/mol. The molecule has 0 unspecified atom stereocenters. The molecule has 1 fully saturated rings. The molecular formula is C16H27N3. The Bertz CT molecular complexity index is 436. The van der Waals surface area contributed by atoms with Crippen LogP contribution in [0.15, 0.2) is 18.2 Å². The van der Waals surface area contributed by atoms with Gasteiger partial charge in [-0.3, -0.25) is 0 Å². The van der Waals surface area contributed by atoms with Gasteiger partial charge >= 0.3 is 0 Å². The highest BCUT2D eigenvalue weighted by Gasteiger charge is 2.40. The van der Waals surface area contributed by atoms with E-state index in [2.05, 4.69) is 56.1 Å². The first-order valence-corrected chi connectivity index (χ1v) is 7.17. The summed E-state index contributed by atoms with van der Waals surface area (Å²) in [6, 6.07) is 6.55. The van der Waals surface area contributed by atoms with Crippen molar-refractivity contribution in [1.29, 1.82) is 0 Å². The van der Waals surface area contributed by atoms with Gasteiger partial charge in [-0.15, -0.1) is 0 Å². The maximum atomic E-state index is 5.87. The van der Waals surface area contributed by atoms with Gasteiger partial charge in [-0.1, -0.05) is 12.1 Å². The molecule has 0 spiro atoms. The summed E-state index contributed by atoms with van der Waals surface area (Å²) in [5, 5.41) is 0. The van der Waals surface area contributed by atoms with Crippen molar-refractivity contribution in [2.75, 3.05) is 32.6 Å². The second kappa shape index (κ2) is 5.51. The zero-order chi connectivity index (χ0) is 14.0. The molecule has 0 aromatic heterocycles. The normalized spacial score (nSPS) is 17.4. The van der Waals surface area contributed by atoms with Crippen LogP contribution < -0.4 is 10.6 Å². The number of hydrogen-bond acceptors (Lipinski definition) is 3. The first kappa shape index (κ1) is 14.4. The molecule has 0 saturated heterocycles. The minimum atomic E-state index is 0.352. The summed E-state index contributed by atoms with van der Waals surface area (Å²) in [6.07, 6.45) is 3.95. The molecule has 1 aromatic rings. The number of nitrogens with zero attached hydrogens (tertiary/aromatic N) is 2. The lowest BCUT2D eigenvalue weighted by atomic mass is 9.75. The highest BCUT2D eigenvalue weighted by Crippen LogP contribution is 2.37. The third-order valence-electron chi connectivity index (χ3n) is 4.64. The smallest absolute Gasteiger partial charge is 0.0412 e. The van der Waals surface area contributed by atoms with Gasteiger partial charge in [0.15, 0.2) is 0 Å². The number of nitrogens with two attached hydrogens (primary N) is 1. The molecule has 1 aliphatic rings. The van der Waals surface area contributed by atoms with E-state index in [0.29, 0.717) is 12.1 Å². The van der Waals surface area contributed by atoms with Crippen molar-refractivity contribution in [3.63, 3.8) is 0 Å². The van der Waals surface area contributed by atoms with Gasteiger partial charge in [0.2, 0.25) is 0 Å². The zero-order valence-corrected chi connectivity index (χ0v) is 12.7. The van der Waals surface area contributed by atoms with Crippen LogP contribution in [-0.4, -0.2) is 38.1 Å². The third-order valence-corrected chi connectivity index (χ3v) is 4.64. The molecule has 1 aromatic carbocycles. The van der Waals surface area contributed by atoms with Crippen LogP contribution in [0.3, 0.4) is 0 Å². The van der Waals surface area contributed by atoms with Crippen LogP contribution in [-0.2, 0) is 6.54 Å². The van der Waals surface area contributed by atoms with Crippen LogP contribution in [0.5, 0.6) is 0 Å². The summed E-state index contributed by atoms with van der Waals surface area (Å²) in [5.41, 5.74) is 10.0. The molecular weight excluding hydrogens is 234 g/mol. The second-order valence-corrected chi connectivity index (χ2v) is 6.16. The number of rotatable bonds is 5. The predicted octanol–water partition coefficient (Wildman–Crippen LogP) is 2.37. The summed E-state index contributed by atoms with van der Waals surface area (Å²) >= 11 is 0. The van der Waals surface area contributed by atoms with E-state index in [9.17, 15) is 0 Å². The first-order valence-electron chi connectivity index (χ1n) is 7.17. The Hall–Kier alpha value is -1.06. The quantitative estimate of drug-likeness (QED) is 0.883. The Kier molecular flexibility index (Phi) is 4.16. The SMILES string of the molecule is Cc1ccc(CN)c(N(C)CC2(N(C)C)CCC2)c1. The lowest BCUT2D eigenvalue weighted by Crippen LogP contribution is -2.56.